The van der Waals surface area contributed by atoms with Crippen LogP contribution in [-0.4, -0.2) is 73.6 Å². The van der Waals surface area contributed by atoms with Gasteiger partial charge in [-0.3, -0.25) is 9.59 Å². The van der Waals surface area contributed by atoms with Crippen LogP contribution in [0, 0.1) is 72.0 Å². The van der Waals surface area contributed by atoms with E-state index in [1.165, 1.54) is 6.92 Å². The van der Waals surface area contributed by atoms with Crippen molar-refractivity contribution in [3.8, 4) is 82.5 Å². The van der Waals surface area contributed by atoms with Gasteiger partial charge in [0.05, 0.1) is 25.4 Å². The Bertz CT molecular complexity index is 2810. The number of amides is 2. The molecule has 378 valence electrons. The first kappa shape index (κ1) is 59.6. The second-order valence-electron chi connectivity index (χ2n) is 18.4. The molecule has 0 bridgehead atoms. The van der Waals surface area contributed by atoms with Crippen molar-refractivity contribution in [2.75, 3.05) is 6.61 Å². The van der Waals surface area contributed by atoms with Crippen LogP contribution in [0.4, 0.5) is 4.79 Å². The molecule has 5 aromatic rings. The molecule has 3 N–H and O–H groups in total. The quantitative estimate of drug-likeness (QED) is 0.0824. The molecule has 5 atom stereocenters. The molecular weight excluding hydrogens is 915 g/mol. The third-order valence-corrected chi connectivity index (χ3v) is 12.0. The Hall–Kier alpha value is -7.69. The fourth-order valence-electron chi connectivity index (χ4n) is 7.92. The molecule has 1 aliphatic rings. The Kier molecular flexibility index (Phi) is 23.2. The lowest BCUT2D eigenvalue weighted by Gasteiger charge is -2.39. The van der Waals surface area contributed by atoms with Crippen LogP contribution in [0.1, 0.15) is 85.5 Å². The number of imide groups is 1. The van der Waals surface area contributed by atoms with Crippen molar-refractivity contribution in [1.29, 1.82) is 0 Å². The highest BCUT2D eigenvalue weighted by Crippen LogP contribution is 2.43. The number of ketones is 1. The van der Waals surface area contributed by atoms with Gasteiger partial charge in [-0.1, -0.05) is 175 Å². The maximum atomic E-state index is 14.1. The lowest BCUT2D eigenvalue weighted by Crippen LogP contribution is -2.58. The predicted octanol–water partition coefficient (Wildman–Crippen LogP) is 10.3. The molecule has 1 fully saturated rings. The van der Waals surface area contributed by atoms with Crippen LogP contribution in [0.5, 0.6) is 0 Å². The van der Waals surface area contributed by atoms with Crippen molar-refractivity contribution in [3.05, 3.63) is 156 Å². The Balaban J connectivity index is 0.000000337. The third kappa shape index (κ3) is 16.2. The van der Waals surface area contributed by atoms with Crippen molar-refractivity contribution in [2.24, 2.45) is 11.8 Å². The molecule has 0 radical (unpaired) electrons. The molecule has 1 heterocycles. The number of terminal acetylenes is 2. The molecule has 0 spiro atoms. The van der Waals surface area contributed by atoms with Crippen LogP contribution in [0.3, 0.4) is 0 Å². The number of hydrogen-bond acceptors (Lipinski definition) is 9. The molecule has 0 saturated carbocycles. The minimum absolute atomic E-state index is 0. The van der Waals surface area contributed by atoms with Gasteiger partial charge in [-0.25, -0.2) is 9.69 Å². The number of nitrogens with zero attached hydrogens (tertiary/aromatic N) is 1. The van der Waals surface area contributed by atoms with Gasteiger partial charge in [0.15, 0.2) is 17.0 Å². The Labute approximate surface area is 433 Å². The normalized spacial score (nSPS) is 15.4. The van der Waals surface area contributed by atoms with Crippen LogP contribution in [0.2, 0.25) is 0 Å². The van der Waals surface area contributed by atoms with Gasteiger partial charge in [-0.05, 0) is 126 Å². The van der Waals surface area contributed by atoms with Crippen molar-refractivity contribution in [1.82, 2.24) is 4.90 Å². The first-order valence-electron chi connectivity index (χ1n) is 23.4. The summed E-state index contributed by atoms with van der Waals surface area (Å²) in [4.78, 5) is 40.4. The summed E-state index contributed by atoms with van der Waals surface area (Å²) >= 11 is 0. The van der Waals surface area contributed by atoms with Crippen LogP contribution < -0.4 is 0 Å². The monoisotopic (exact) mass is 981 g/mol. The van der Waals surface area contributed by atoms with E-state index in [1.807, 2.05) is 167 Å². The van der Waals surface area contributed by atoms with Gasteiger partial charge < -0.3 is 29.5 Å². The molecule has 73 heavy (non-hydrogen) atoms. The summed E-state index contributed by atoms with van der Waals surface area (Å²) in [6.07, 6.45) is 6.72. The zero-order valence-corrected chi connectivity index (χ0v) is 42.2. The maximum absolute atomic E-state index is 14.1. The molecule has 1 saturated heterocycles. The lowest BCUT2D eigenvalue weighted by atomic mass is 9.86. The van der Waals surface area contributed by atoms with Gasteiger partial charge in [0.1, 0.15) is 18.2 Å². The number of aliphatic hydroxyl groups excluding tert-OH is 3. The van der Waals surface area contributed by atoms with Crippen molar-refractivity contribution in [2.45, 2.75) is 111 Å². The largest absolute Gasteiger partial charge is 0.440 e. The van der Waals surface area contributed by atoms with Crippen molar-refractivity contribution in [3.63, 3.8) is 0 Å². The van der Waals surface area contributed by atoms with E-state index in [2.05, 4.69) is 47.4 Å². The Morgan fingerprint density at radius 2 is 0.973 bits per heavy atom. The van der Waals surface area contributed by atoms with Crippen LogP contribution in [-0.2, 0) is 37.0 Å². The second-order valence-corrected chi connectivity index (χ2v) is 18.4. The number of aliphatic hydroxyl groups is 3. The molecule has 5 aromatic carbocycles. The minimum Gasteiger partial charge on any atom is -0.440 e. The molecule has 10 heteroatoms. The molecule has 0 aromatic heterocycles. The molecule has 1 aliphatic heterocycles. The first-order valence-corrected chi connectivity index (χ1v) is 23.4. The SMILES string of the molecule is C.C#CC#CC#CC#CC#C.CC(C)[C@H](O)[C@](C)(OCc1ccc(-c2ccccc2)cc1)C(=O)CO.CC(C)[C@H](O)[C@](C)(OCc1ccc(-c2ccccc2)cc1)C(=O)N1C(=O)OC(C)(C)[C@@H]1c1ccccc1. The Morgan fingerprint density at radius 3 is 1.36 bits per heavy atom. The average molecular weight is 982 g/mol. The third-order valence-electron chi connectivity index (χ3n) is 12.0. The van der Waals surface area contributed by atoms with Gasteiger partial charge in [0.25, 0.3) is 5.91 Å². The summed E-state index contributed by atoms with van der Waals surface area (Å²) in [7, 11) is 0. The number of Topliss-reactive ketones (excluding diaryl/α,β-unsaturated/α-hetero) is 1. The van der Waals surface area contributed by atoms with E-state index in [9.17, 15) is 29.7 Å². The number of ether oxygens (including phenoxy) is 3. The number of cyclic esters (lactones) is 1. The summed E-state index contributed by atoms with van der Waals surface area (Å²) in [6, 6.07) is 44.5. The number of benzene rings is 5. The van der Waals surface area contributed by atoms with E-state index in [-0.39, 0.29) is 32.5 Å². The topological polar surface area (TPSA) is 143 Å². The van der Waals surface area contributed by atoms with E-state index < -0.39 is 59.4 Å². The lowest BCUT2D eigenvalue weighted by molar-refractivity contribution is -0.178. The summed E-state index contributed by atoms with van der Waals surface area (Å²) < 4.78 is 17.6. The van der Waals surface area contributed by atoms with Crippen LogP contribution >= 0.6 is 0 Å². The molecular formula is C63H67NO9. The van der Waals surface area contributed by atoms with Gasteiger partial charge >= 0.3 is 6.09 Å². The molecule has 2 amide bonds. The molecule has 10 nitrogen and oxygen atoms in total. The Morgan fingerprint density at radius 1 is 0.616 bits per heavy atom. The highest BCUT2D eigenvalue weighted by molar-refractivity contribution is 5.99. The maximum Gasteiger partial charge on any atom is 0.417 e. The highest BCUT2D eigenvalue weighted by Gasteiger charge is 2.57. The first-order chi connectivity index (χ1) is 34.3. The minimum atomic E-state index is -1.68. The zero-order valence-electron chi connectivity index (χ0n) is 42.2. The van der Waals surface area contributed by atoms with Gasteiger partial charge in [0, 0.05) is 0 Å². The summed E-state index contributed by atoms with van der Waals surface area (Å²) in [5, 5.41) is 30.8. The highest BCUT2D eigenvalue weighted by atomic mass is 16.6. The number of carbonyl (C=O) groups is 3. The van der Waals surface area contributed by atoms with E-state index in [0.717, 1.165) is 43.8 Å². The number of rotatable bonds is 16. The zero-order chi connectivity index (χ0) is 52.9. The van der Waals surface area contributed by atoms with E-state index in [4.69, 9.17) is 27.1 Å². The fraction of sp³-hybridized carbons (Fsp3) is 0.317. The number of carbonyl (C=O) groups excluding carboxylic acids is 3. The molecule has 6 rings (SSSR count). The predicted molar refractivity (Wildman–Crippen MR) is 288 cm³/mol. The second kappa shape index (κ2) is 28.4. The van der Waals surface area contributed by atoms with Gasteiger partial charge in [0.2, 0.25) is 0 Å². The van der Waals surface area contributed by atoms with E-state index in [1.54, 1.807) is 20.8 Å². The van der Waals surface area contributed by atoms with Gasteiger partial charge in [-0.15, -0.1) is 12.8 Å². The molecule has 0 unspecified atom stereocenters. The number of hydrogen-bond donors (Lipinski definition) is 3. The smallest absolute Gasteiger partial charge is 0.417 e. The fourth-order valence-corrected chi connectivity index (χ4v) is 7.92. The van der Waals surface area contributed by atoms with Crippen LogP contribution in [0.15, 0.2) is 140 Å². The van der Waals surface area contributed by atoms with E-state index in [0.29, 0.717) is 0 Å². The average Bonchev–Trinajstić information content (AvgIpc) is 3.65. The summed E-state index contributed by atoms with van der Waals surface area (Å²) in [5.41, 5.74) is 2.85. The summed E-state index contributed by atoms with van der Waals surface area (Å²) in [5.74, 6) is 16.8. The van der Waals surface area contributed by atoms with Crippen LogP contribution in [0.25, 0.3) is 22.3 Å². The standard InChI is InChI=1S/C31H35NO5.C21H26O4.C10H2.CH4/c1-21(2)27(33)31(5,36-20-22-16-18-24(19-17-22)23-12-8-6-9-13-23)28(34)32-26(25-14-10-7-11-15-25)30(3,4)37-29(32)35;1-15(2)20(24)21(3,19(23)13-22)25-14-16-9-11-18(12-10-16)17-7-5-4-6-8-17;1-3-5-7-9-10-8-6-4-2;/h6-19,21,26-27,33H,20H2,1-5H3;4-12,15,20,22,24H,13-14H2,1-3H3;1-2H;1H4/t26-,27-,31-;20-,21+;;/m00../s1. The summed E-state index contributed by atoms with van der Waals surface area (Å²) in [6.45, 7) is 13.5. The van der Waals surface area contributed by atoms with Crippen molar-refractivity contribution < 1.29 is 43.9 Å². The molecule has 0 aliphatic carbocycles. The van der Waals surface area contributed by atoms with E-state index >= 15 is 0 Å². The van der Waals surface area contributed by atoms with Crippen molar-refractivity contribution >= 4 is 17.8 Å². The van der Waals surface area contributed by atoms with Gasteiger partial charge in [-0.2, -0.15) is 0 Å².